The Morgan fingerprint density at radius 2 is 2.00 bits per heavy atom. The van der Waals surface area contributed by atoms with E-state index in [1.54, 1.807) is 0 Å². The van der Waals surface area contributed by atoms with Crippen LogP contribution >= 0.6 is 0 Å². The molecule has 0 saturated heterocycles. The summed E-state index contributed by atoms with van der Waals surface area (Å²) in [4.78, 5) is 0. The van der Waals surface area contributed by atoms with Gasteiger partial charge in [0.2, 0.25) is 0 Å². The van der Waals surface area contributed by atoms with Crippen molar-refractivity contribution in [2.24, 2.45) is 12.5 Å². The van der Waals surface area contributed by atoms with Crippen LogP contribution in [-0.4, -0.2) is 29.0 Å². The van der Waals surface area contributed by atoms with Crippen molar-refractivity contribution in [2.75, 3.05) is 13.7 Å². The molecule has 114 valence electrons. The van der Waals surface area contributed by atoms with Crippen LogP contribution in [0.2, 0.25) is 0 Å². The molecule has 1 fully saturated rings. The maximum atomic E-state index is 6.29. The second-order valence-corrected chi connectivity index (χ2v) is 6.76. The van der Waals surface area contributed by atoms with Crippen molar-refractivity contribution >= 4 is 0 Å². The number of hydrogen-bond donors (Lipinski definition) is 1. The predicted octanol–water partition coefficient (Wildman–Crippen LogP) is 3.06. The van der Waals surface area contributed by atoms with E-state index in [2.05, 4.69) is 37.3 Å². The van der Waals surface area contributed by atoms with Crippen molar-refractivity contribution in [1.82, 2.24) is 15.1 Å². The third-order valence-corrected chi connectivity index (χ3v) is 4.85. The van der Waals surface area contributed by atoms with Crippen molar-refractivity contribution in [1.29, 1.82) is 0 Å². The number of nitrogens with one attached hydrogen (secondary N) is 1. The van der Waals surface area contributed by atoms with Crippen molar-refractivity contribution < 1.29 is 4.74 Å². The quantitative estimate of drug-likeness (QED) is 0.900. The SMILES string of the molecule is CCOC1(C(NC)c2ccnn2C)CCC(C)(C)CC1. The number of aromatic nitrogens is 2. The zero-order valence-corrected chi connectivity index (χ0v) is 13.6. The van der Waals surface area contributed by atoms with Crippen LogP contribution in [0, 0.1) is 5.41 Å². The minimum Gasteiger partial charge on any atom is -0.373 e. The first kappa shape index (κ1) is 15.5. The zero-order chi connectivity index (χ0) is 14.8. The zero-order valence-electron chi connectivity index (χ0n) is 13.6. The summed E-state index contributed by atoms with van der Waals surface area (Å²) in [5.41, 5.74) is 1.54. The Morgan fingerprint density at radius 3 is 2.45 bits per heavy atom. The van der Waals surface area contributed by atoms with Gasteiger partial charge in [-0.2, -0.15) is 5.10 Å². The Kier molecular flexibility index (Phi) is 4.55. The van der Waals surface area contributed by atoms with Gasteiger partial charge in [-0.25, -0.2) is 0 Å². The fourth-order valence-corrected chi connectivity index (χ4v) is 3.50. The molecule has 0 bridgehead atoms. The highest BCUT2D eigenvalue weighted by molar-refractivity contribution is 5.14. The molecular weight excluding hydrogens is 250 g/mol. The Morgan fingerprint density at radius 1 is 1.35 bits per heavy atom. The van der Waals surface area contributed by atoms with Gasteiger partial charge in [0.1, 0.15) is 0 Å². The molecule has 1 aliphatic rings. The second kappa shape index (κ2) is 5.86. The maximum Gasteiger partial charge on any atom is 0.0891 e. The molecule has 1 atom stereocenters. The summed E-state index contributed by atoms with van der Waals surface area (Å²) in [6.45, 7) is 7.58. The monoisotopic (exact) mass is 279 g/mol. The van der Waals surface area contributed by atoms with Gasteiger partial charge in [0.25, 0.3) is 0 Å². The highest BCUT2D eigenvalue weighted by Gasteiger charge is 2.45. The molecule has 20 heavy (non-hydrogen) atoms. The lowest BCUT2D eigenvalue weighted by Crippen LogP contribution is -2.49. The van der Waals surface area contributed by atoms with E-state index in [9.17, 15) is 0 Å². The lowest BCUT2D eigenvalue weighted by molar-refractivity contribution is -0.108. The van der Waals surface area contributed by atoms with Crippen molar-refractivity contribution in [3.63, 3.8) is 0 Å². The van der Waals surface area contributed by atoms with Gasteiger partial charge >= 0.3 is 0 Å². The summed E-state index contributed by atoms with van der Waals surface area (Å²) < 4.78 is 8.25. The molecular formula is C16H29N3O. The summed E-state index contributed by atoms with van der Waals surface area (Å²) in [6, 6.07) is 2.30. The molecule has 0 aromatic carbocycles. The fraction of sp³-hybridized carbons (Fsp3) is 0.812. The van der Waals surface area contributed by atoms with Gasteiger partial charge in [-0.05, 0) is 51.1 Å². The van der Waals surface area contributed by atoms with E-state index < -0.39 is 0 Å². The van der Waals surface area contributed by atoms with Crippen LogP contribution in [0.1, 0.15) is 58.2 Å². The van der Waals surface area contributed by atoms with E-state index in [1.807, 2.05) is 25.0 Å². The number of nitrogens with zero attached hydrogens (tertiary/aromatic N) is 2. The largest absolute Gasteiger partial charge is 0.373 e. The summed E-state index contributed by atoms with van der Waals surface area (Å²) >= 11 is 0. The van der Waals surface area contributed by atoms with Gasteiger partial charge in [-0.1, -0.05) is 13.8 Å². The Bertz CT molecular complexity index is 429. The summed E-state index contributed by atoms with van der Waals surface area (Å²) in [5, 5.41) is 7.80. The minimum atomic E-state index is -0.104. The van der Waals surface area contributed by atoms with Crippen LogP contribution in [-0.2, 0) is 11.8 Å². The van der Waals surface area contributed by atoms with Crippen molar-refractivity contribution in [3.8, 4) is 0 Å². The van der Waals surface area contributed by atoms with E-state index in [4.69, 9.17) is 4.74 Å². The fourth-order valence-electron chi connectivity index (χ4n) is 3.50. The van der Waals surface area contributed by atoms with Gasteiger partial charge in [0, 0.05) is 19.9 Å². The first-order valence-electron chi connectivity index (χ1n) is 7.73. The smallest absolute Gasteiger partial charge is 0.0891 e. The van der Waals surface area contributed by atoms with Crippen LogP contribution < -0.4 is 5.32 Å². The van der Waals surface area contributed by atoms with E-state index in [-0.39, 0.29) is 11.6 Å². The van der Waals surface area contributed by atoms with Crippen LogP contribution in [0.4, 0.5) is 0 Å². The highest BCUT2D eigenvalue weighted by atomic mass is 16.5. The molecule has 0 aliphatic heterocycles. The third kappa shape index (κ3) is 2.91. The molecule has 1 heterocycles. The molecule has 0 amide bonds. The van der Waals surface area contributed by atoms with Crippen LogP contribution in [0.3, 0.4) is 0 Å². The van der Waals surface area contributed by atoms with Crippen LogP contribution in [0.5, 0.6) is 0 Å². The number of likely N-dealkylation sites (N-methyl/N-ethyl adjacent to an activating group) is 1. The number of hydrogen-bond acceptors (Lipinski definition) is 3. The van der Waals surface area contributed by atoms with Crippen LogP contribution in [0.25, 0.3) is 0 Å². The average molecular weight is 279 g/mol. The molecule has 1 aliphatic carbocycles. The average Bonchev–Trinajstić information content (AvgIpc) is 2.81. The molecule has 0 radical (unpaired) electrons. The predicted molar refractivity (Wildman–Crippen MR) is 81.6 cm³/mol. The van der Waals surface area contributed by atoms with E-state index in [0.29, 0.717) is 5.41 Å². The Hall–Kier alpha value is -0.870. The van der Waals surface area contributed by atoms with Gasteiger partial charge in [-0.15, -0.1) is 0 Å². The van der Waals surface area contributed by atoms with E-state index >= 15 is 0 Å². The topological polar surface area (TPSA) is 39.1 Å². The summed E-state index contributed by atoms with van der Waals surface area (Å²) in [7, 11) is 4.03. The molecule has 1 N–H and O–H groups in total. The standard InChI is InChI=1S/C16H29N3O/c1-6-20-16(10-8-15(2,3)9-11-16)14(17-4)13-7-12-18-19(13)5/h7,12,14,17H,6,8-11H2,1-5H3. The van der Waals surface area contributed by atoms with Gasteiger partial charge in [-0.3, -0.25) is 4.68 Å². The Labute approximate surface area is 122 Å². The normalized spacial score (nSPS) is 22.6. The second-order valence-electron chi connectivity index (χ2n) is 6.76. The van der Waals surface area contributed by atoms with Gasteiger partial charge in [0.05, 0.1) is 17.3 Å². The maximum absolute atomic E-state index is 6.29. The first-order valence-corrected chi connectivity index (χ1v) is 7.73. The van der Waals surface area contributed by atoms with Crippen LogP contribution in [0.15, 0.2) is 12.3 Å². The lowest BCUT2D eigenvalue weighted by atomic mass is 9.68. The molecule has 4 nitrogen and oxygen atoms in total. The number of ether oxygens (including phenoxy) is 1. The Balaban J connectivity index is 2.29. The molecule has 1 unspecified atom stereocenters. The first-order chi connectivity index (χ1) is 9.44. The number of aryl methyl sites for hydroxylation is 1. The molecule has 1 aromatic heterocycles. The van der Waals surface area contributed by atoms with E-state index in [1.165, 1.54) is 18.5 Å². The van der Waals surface area contributed by atoms with Gasteiger partial charge in [0.15, 0.2) is 0 Å². The molecule has 0 spiro atoms. The summed E-state index contributed by atoms with van der Waals surface area (Å²) in [5.74, 6) is 0. The van der Waals surface area contributed by atoms with Crippen molar-refractivity contribution in [2.45, 2.75) is 58.1 Å². The summed E-state index contributed by atoms with van der Waals surface area (Å²) in [6.07, 6.45) is 6.49. The lowest BCUT2D eigenvalue weighted by Gasteiger charge is -2.47. The third-order valence-electron chi connectivity index (χ3n) is 4.85. The van der Waals surface area contributed by atoms with Crippen molar-refractivity contribution in [3.05, 3.63) is 18.0 Å². The molecule has 1 aromatic rings. The molecule has 1 saturated carbocycles. The molecule has 4 heteroatoms. The minimum absolute atomic E-state index is 0.104. The van der Waals surface area contributed by atoms with Gasteiger partial charge < -0.3 is 10.1 Å². The highest BCUT2D eigenvalue weighted by Crippen LogP contribution is 2.47. The number of rotatable bonds is 5. The molecule has 2 rings (SSSR count). The van der Waals surface area contributed by atoms with E-state index in [0.717, 1.165) is 19.4 Å².